The minimum atomic E-state index is -0.670. The molecule has 0 aliphatic heterocycles. The van der Waals surface area contributed by atoms with Gasteiger partial charge in [-0.2, -0.15) is 0 Å². The predicted molar refractivity (Wildman–Crippen MR) is 127 cm³/mol. The number of rotatable bonds is 18. The molecule has 0 aliphatic carbocycles. The number of esters is 1. The maximum atomic E-state index is 12.1. The Labute approximate surface area is 189 Å². The summed E-state index contributed by atoms with van der Waals surface area (Å²) in [6.07, 6.45) is 17.1. The lowest BCUT2D eigenvalue weighted by molar-refractivity contribution is -0.138. The molecule has 1 amide bonds. The molecule has 5 heteroatoms. The SMILES string of the molecule is CCCCCCCCCCCCCCCC(=O)N[C@@H](C)C(=O)Oc1ccc(OC)cc1. The molecule has 176 valence electrons. The molecular formula is C26H43NO4. The first-order valence-electron chi connectivity index (χ1n) is 12.2. The van der Waals surface area contributed by atoms with E-state index in [0.29, 0.717) is 17.9 Å². The molecule has 1 aromatic carbocycles. The number of unbranched alkanes of at least 4 members (excludes halogenated alkanes) is 12. The van der Waals surface area contributed by atoms with E-state index >= 15 is 0 Å². The monoisotopic (exact) mass is 433 g/mol. The van der Waals surface area contributed by atoms with Crippen molar-refractivity contribution >= 4 is 11.9 Å². The third-order valence-electron chi connectivity index (χ3n) is 5.52. The number of carbonyl (C=O) groups is 2. The Morgan fingerprint density at radius 1 is 0.774 bits per heavy atom. The lowest BCUT2D eigenvalue weighted by Gasteiger charge is -2.13. The van der Waals surface area contributed by atoms with Gasteiger partial charge in [-0.25, -0.2) is 4.79 Å². The van der Waals surface area contributed by atoms with Gasteiger partial charge in [0, 0.05) is 6.42 Å². The number of hydrogen-bond donors (Lipinski definition) is 1. The smallest absolute Gasteiger partial charge is 0.333 e. The number of ether oxygens (including phenoxy) is 2. The van der Waals surface area contributed by atoms with Crippen LogP contribution in [-0.2, 0) is 9.59 Å². The zero-order chi connectivity index (χ0) is 22.7. The number of carbonyl (C=O) groups excluding carboxylic acids is 2. The molecule has 31 heavy (non-hydrogen) atoms. The third-order valence-corrected chi connectivity index (χ3v) is 5.52. The van der Waals surface area contributed by atoms with Gasteiger partial charge < -0.3 is 14.8 Å². The molecule has 1 rings (SSSR count). The van der Waals surface area contributed by atoms with Crippen molar-refractivity contribution in [2.24, 2.45) is 0 Å². The van der Waals surface area contributed by atoms with Gasteiger partial charge in [0.1, 0.15) is 17.5 Å². The standard InChI is InChI=1S/C26H43NO4/c1-4-5-6-7-8-9-10-11-12-13-14-15-16-17-25(28)27-22(2)26(29)31-24-20-18-23(30-3)19-21-24/h18-22H,4-17H2,1-3H3,(H,27,28)/t22-/m0/s1. The molecule has 0 aromatic heterocycles. The van der Waals surface area contributed by atoms with Crippen LogP contribution in [0.3, 0.4) is 0 Å². The first kappa shape index (κ1) is 27.0. The highest BCUT2D eigenvalue weighted by atomic mass is 16.5. The Balaban J connectivity index is 2.00. The molecule has 1 N–H and O–H groups in total. The van der Waals surface area contributed by atoms with E-state index in [2.05, 4.69) is 12.2 Å². The zero-order valence-electron chi connectivity index (χ0n) is 19.9. The Kier molecular flexibility index (Phi) is 15.3. The summed E-state index contributed by atoms with van der Waals surface area (Å²) in [5.74, 6) is 0.563. The van der Waals surface area contributed by atoms with E-state index < -0.39 is 12.0 Å². The third kappa shape index (κ3) is 13.8. The van der Waals surface area contributed by atoms with Crippen LogP contribution >= 0.6 is 0 Å². The van der Waals surface area contributed by atoms with Crippen LogP contribution in [0.5, 0.6) is 11.5 Å². The number of nitrogens with one attached hydrogen (secondary N) is 1. The van der Waals surface area contributed by atoms with Gasteiger partial charge in [-0.05, 0) is 37.6 Å². The largest absolute Gasteiger partial charge is 0.497 e. The first-order chi connectivity index (χ1) is 15.1. The number of methoxy groups -OCH3 is 1. The fourth-order valence-electron chi connectivity index (χ4n) is 3.52. The highest BCUT2D eigenvalue weighted by Crippen LogP contribution is 2.17. The van der Waals surface area contributed by atoms with Crippen LogP contribution in [0.4, 0.5) is 0 Å². The second-order valence-electron chi connectivity index (χ2n) is 8.38. The number of benzene rings is 1. The summed E-state index contributed by atoms with van der Waals surface area (Å²) < 4.78 is 10.4. The van der Waals surface area contributed by atoms with Crippen molar-refractivity contribution < 1.29 is 19.1 Å². The van der Waals surface area contributed by atoms with Crippen LogP contribution < -0.4 is 14.8 Å². The van der Waals surface area contributed by atoms with Gasteiger partial charge in [0.25, 0.3) is 0 Å². The van der Waals surface area contributed by atoms with Crippen LogP contribution in [0.15, 0.2) is 24.3 Å². The molecule has 0 unspecified atom stereocenters. The molecule has 5 nitrogen and oxygen atoms in total. The van der Waals surface area contributed by atoms with Gasteiger partial charge in [-0.3, -0.25) is 4.79 Å². The Hall–Kier alpha value is -2.04. The van der Waals surface area contributed by atoms with Crippen LogP contribution in [0, 0.1) is 0 Å². The molecule has 0 radical (unpaired) electrons. The highest BCUT2D eigenvalue weighted by Gasteiger charge is 2.17. The average Bonchev–Trinajstić information content (AvgIpc) is 2.77. The lowest BCUT2D eigenvalue weighted by atomic mass is 10.0. The summed E-state index contributed by atoms with van der Waals surface area (Å²) in [6, 6.07) is 6.11. The minimum absolute atomic E-state index is 0.0951. The first-order valence-corrected chi connectivity index (χ1v) is 12.2. The fourth-order valence-corrected chi connectivity index (χ4v) is 3.52. The van der Waals surface area contributed by atoms with Crippen LogP contribution in [-0.4, -0.2) is 25.0 Å². The molecule has 0 aliphatic rings. The minimum Gasteiger partial charge on any atom is -0.497 e. The summed E-state index contributed by atoms with van der Waals surface area (Å²) in [7, 11) is 1.58. The molecule has 1 atom stereocenters. The van der Waals surface area contributed by atoms with E-state index in [-0.39, 0.29) is 5.91 Å². The summed E-state index contributed by atoms with van der Waals surface area (Å²) in [4.78, 5) is 24.2. The van der Waals surface area contributed by atoms with E-state index in [1.54, 1.807) is 38.3 Å². The second kappa shape index (κ2) is 17.6. The second-order valence-corrected chi connectivity index (χ2v) is 8.38. The van der Waals surface area contributed by atoms with Gasteiger partial charge in [0.05, 0.1) is 7.11 Å². The van der Waals surface area contributed by atoms with Crippen LogP contribution in [0.1, 0.15) is 104 Å². The van der Waals surface area contributed by atoms with Gasteiger partial charge in [-0.15, -0.1) is 0 Å². The summed E-state index contributed by atoms with van der Waals surface area (Å²) in [6.45, 7) is 3.90. The molecule has 0 saturated heterocycles. The topological polar surface area (TPSA) is 64.6 Å². The van der Waals surface area contributed by atoms with E-state index in [1.165, 1.54) is 70.6 Å². The highest BCUT2D eigenvalue weighted by molar-refractivity contribution is 5.85. The van der Waals surface area contributed by atoms with Crippen molar-refractivity contribution in [2.75, 3.05) is 7.11 Å². The van der Waals surface area contributed by atoms with Crippen molar-refractivity contribution in [3.63, 3.8) is 0 Å². The van der Waals surface area contributed by atoms with E-state index in [1.807, 2.05) is 0 Å². The van der Waals surface area contributed by atoms with Gasteiger partial charge >= 0.3 is 5.97 Å². The van der Waals surface area contributed by atoms with Gasteiger partial charge in [-0.1, -0.05) is 84.0 Å². The average molecular weight is 434 g/mol. The quantitative estimate of drug-likeness (QED) is 0.161. The Bertz CT molecular complexity index is 600. The molecule has 1 aromatic rings. The van der Waals surface area contributed by atoms with Crippen LogP contribution in [0.25, 0.3) is 0 Å². The molecule has 0 saturated carbocycles. The molecule has 0 bridgehead atoms. The molecule has 0 spiro atoms. The van der Waals surface area contributed by atoms with E-state index in [4.69, 9.17) is 9.47 Å². The predicted octanol–water partition coefficient (Wildman–Crippen LogP) is 6.59. The lowest BCUT2D eigenvalue weighted by Crippen LogP contribution is -2.40. The maximum absolute atomic E-state index is 12.1. The fraction of sp³-hybridized carbons (Fsp3) is 0.692. The maximum Gasteiger partial charge on any atom is 0.333 e. The van der Waals surface area contributed by atoms with Crippen molar-refractivity contribution in [1.29, 1.82) is 0 Å². The van der Waals surface area contributed by atoms with E-state index in [9.17, 15) is 9.59 Å². The zero-order valence-corrected chi connectivity index (χ0v) is 19.9. The van der Waals surface area contributed by atoms with Crippen molar-refractivity contribution in [1.82, 2.24) is 5.32 Å². The Morgan fingerprint density at radius 3 is 1.71 bits per heavy atom. The normalized spacial score (nSPS) is 11.7. The van der Waals surface area contributed by atoms with Gasteiger partial charge in [0.2, 0.25) is 5.91 Å². The van der Waals surface area contributed by atoms with Crippen molar-refractivity contribution in [3.05, 3.63) is 24.3 Å². The summed E-state index contributed by atoms with van der Waals surface area (Å²) >= 11 is 0. The summed E-state index contributed by atoms with van der Waals surface area (Å²) in [5, 5.41) is 2.73. The molecule has 0 fully saturated rings. The van der Waals surface area contributed by atoms with Crippen LogP contribution in [0.2, 0.25) is 0 Å². The number of hydrogen-bond acceptors (Lipinski definition) is 4. The van der Waals surface area contributed by atoms with Crippen molar-refractivity contribution in [2.45, 2.75) is 110 Å². The number of amides is 1. The molecular weight excluding hydrogens is 390 g/mol. The molecule has 0 heterocycles. The summed E-state index contributed by atoms with van der Waals surface area (Å²) in [5.41, 5.74) is 0. The van der Waals surface area contributed by atoms with Gasteiger partial charge in [0.15, 0.2) is 0 Å². The van der Waals surface area contributed by atoms with Crippen molar-refractivity contribution in [3.8, 4) is 11.5 Å². The Morgan fingerprint density at radius 2 is 1.23 bits per heavy atom. The van der Waals surface area contributed by atoms with E-state index in [0.717, 1.165) is 12.8 Å².